The van der Waals surface area contributed by atoms with Gasteiger partial charge in [0.25, 0.3) is 6.71 Å². The van der Waals surface area contributed by atoms with Gasteiger partial charge in [-0.05, 0) is 165 Å². The van der Waals surface area contributed by atoms with Crippen molar-refractivity contribution in [2.45, 2.75) is 206 Å². The number of hydrogen-bond donors (Lipinski definition) is 0. The van der Waals surface area contributed by atoms with E-state index in [0.29, 0.717) is 0 Å². The molecule has 8 aromatic rings. The van der Waals surface area contributed by atoms with Crippen molar-refractivity contribution in [2.24, 2.45) is 0 Å². The molecule has 2 aliphatic carbocycles. The molecule has 4 atom stereocenters. The lowest BCUT2D eigenvalue weighted by atomic mass is 9.33. The predicted molar refractivity (Wildman–Crippen MR) is 345 cm³/mol. The van der Waals surface area contributed by atoms with Crippen LogP contribution in [0.15, 0.2) is 121 Å². The van der Waals surface area contributed by atoms with E-state index in [1.165, 1.54) is 154 Å². The maximum Gasteiger partial charge on any atom is 0.252 e. The summed E-state index contributed by atoms with van der Waals surface area (Å²) < 4.78 is 2.70. The highest BCUT2D eigenvalue weighted by molar-refractivity contribution is 7.26. The van der Waals surface area contributed by atoms with E-state index in [1.807, 2.05) is 11.3 Å². The zero-order valence-electron chi connectivity index (χ0n) is 50.5. The minimum atomic E-state index is -0.140. The normalized spacial score (nSPS) is 24.2. The van der Waals surface area contributed by atoms with Gasteiger partial charge in [0.2, 0.25) is 0 Å². The fraction of sp³-hybridized carbons (Fsp3) is 0.432. The minimum Gasteiger partial charge on any atom is -0.335 e. The third-order valence-electron chi connectivity index (χ3n) is 21.8. The first-order valence-electron chi connectivity index (χ1n) is 30.3. The van der Waals surface area contributed by atoms with Crippen LogP contribution in [0.25, 0.3) is 31.3 Å². The summed E-state index contributed by atoms with van der Waals surface area (Å²) >= 11 is 1.97. The summed E-state index contributed by atoms with van der Waals surface area (Å²) in [5, 5.41) is 2.75. The average molecular weight is 1060 g/mol. The lowest BCUT2D eigenvalue weighted by Crippen LogP contribution is -2.64. The summed E-state index contributed by atoms with van der Waals surface area (Å²) in [4.78, 5) is 8.73. The molecule has 0 N–H and O–H groups in total. The molecule has 5 heterocycles. The Kier molecular flexibility index (Phi) is 10.7. The maximum absolute atomic E-state index is 2.99. The van der Waals surface area contributed by atoms with Gasteiger partial charge in [0.05, 0.1) is 22.5 Å². The Bertz CT molecular complexity index is 3890. The Morgan fingerprint density at radius 3 is 1.65 bits per heavy atom. The largest absolute Gasteiger partial charge is 0.335 e. The molecule has 1 aromatic heterocycles. The van der Waals surface area contributed by atoms with Crippen molar-refractivity contribution in [1.29, 1.82) is 0 Å². The number of anilines is 7. The van der Waals surface area contributed by atoms with Crippen molar-refractivity contribution in [3.63, 3.8) is 0 Å². The molecule has 7 aromatic carbocycles. The fourth-order valence-corrected chi connectivity index (χ4v) is 17.7. The van der Waals surface area contributed by atoms with E-state index in [4.69, 9.17) is 0 Å². The van der Waals surface area contributed by atoms with Gasteiger partial charge in [0.15, 0.2) is 0 Å². The van der Waals surface area contributed by atoms with Crippen LogP contribution in [0.2, 0.25) is 0 Å². The van der Waals surface area contributed by atoms with Gasteiger partial charge in [-0.3, -0.25) is 0 Å². The Hall–Kier alpha value is -5.78. The maximum atomic E-state index is 2.99. The predicted octanol–water partition coefficient (Wildman–Crippen LogP) is 19.0. The summed E-state index contributed by atoms with van der Waals surface area (Å²) in [6, 6.07) is 49.8. The van der Waals surface area contributed by atoms with E-state index in [9.17, 15) is 0 Å². The monoisotopic (exact) mass is 1060 g/mol. The first-order chi connectivity index (χ1) is 37.2. The summed E-state index contributed by atoms with van der Waals surface area (Å²) in [5.41, 5.74) is 24.8. The Morgan fingerprint density at radius 1 is 0.443 bits per heavy atom. The molecular formula is C74H84BN3S. The lowest BCUT2D eigenvalue weighted by Gasteiger charge is -2.54. The Labute approximate surface area is 477 Å². The van der Waals surface area contributed by atoms with E-state index in [0.717, 1.165) is 12.8 Å². The number of fused-ring (bicyclic) bond motifs is 14. The number of nitrogens with zero attached hydrogens (tertiary/aromatic N) is 3. The molecule has 5 heteroatoms. The highest BCUT2D eigenvalue weighted by Crippen LogP contribution is 2.66. The topological polar surface area (TPSA) is 9.72 Å². The number of thiophene rings is 1. The lowest BCUT2D eigenvalue weighted by molar-refractivity contribution is 0.194. The fourth-order valence-electron chi connectivity index (χ4n) is 16.6. The van der Waals surface area contributed by atoms with Gasteiger partial charge in [-0.1, -0.05) is 195 Å². The number of hydrogen-bond acceptors (Lipinski definition) is 4. The second-order valence-corrected chi connectivity index (χ2v) is 31.5. The van der Waals surface area contributed by atoms with Crippen LogP contribution >= 0.6 is 11.3 Å². The molecular weight excluding hydrogens is 974 g/mol. The summed E-state index contributed by atoms with van der Waals surface area (Å²) in [6.07, 6.45) is 9.69. The standard InChI is InChI=1S/C74H84BN3S/c1-67(2,3)46-26-30-57(51(38-46)45-24-18-17-19-25-45)76-59-43-50(77-58-31-27-48(69(7,8)9)40-53(58)71(13)34-20-22-36-73(71,77)15)44-60-64(59)75(55-29-33-62-63(66(55)76)52-39-47(68(4,5)6)28-32-61(52)79-62)56-42-49(70(10,11)12)41-54-65(56)78(60)74(16)37-23-21-35-72(54,74)14/h17-19,24-33,38-44H,20-23,34-37H2,1-16H3. The molecule has 0 radical (unpaired) electrons. The van der Waals surface area contributed by atoms with Crippen molar-refractivity contribution in [2.75, 3.05) is 14.7 Å². The van der Waals surface area contributed by atoms with Crippen LogP contribution in [-0.4, -0.2) is 17.8 Å². The van der Waals surface area contributed by atoms with Gasteiger partial charge in [0, 0.05) is 65.0 Å². The molecule has 0 amide bonds. The van der Waals surface area contributed by atoms with Gasteiger partial charge in [-0.25, -0.2) is 0 Å². The van der Waals surface area contributed by atoms with Crippen molar-refractivity contribution < 1.29 is 0 Å². The highest BCUT2D eigenvalue weighted by Gasteiger charge is 2.63. The van der Waals surface area contributed by atoms with Crippen LogP contribution in [0, 0.1) is 0 Å². The first kappa shape index (κ1) is 51.4. The second kappa shape index (κ2) is 16.5. The quantitative estimate of drug-likeness (QED) is 0.163. The van der Waals surface area contributed by atoms with Crippen LogP contribution in [0.3, 0.4) is 0 Å². The average Bonchev–Trinajstić information content (AvgIpc) is 2.03. The van der Waals surface area contributed by atoms with Crippen LogP contribution < -0.4 is 31.1 Å². The van der Waals surface area contributed by atoms with Crippen molar-refractivity contribution in [1.82, 2.24) is 0 Å². The highest BCUT2D eigenvalue weighted by atomic mass is 32.1. The third-order valence-corrected chi connectivity index (χ3v) is 22.9. The van der Waals surface area contributed by atoms with Crippen LogP contribution in [-0.2, 0) is 32.5 Å². The van der Waals surface area contributed by atoms with Crippen molar-refractivity contribution >= 4 is 94.4 Å². The summed E-state index contributed by atoms with van der Waals surface area (Å²) in [6.45, 7) is 39.4. The van der Waals surface area contributed by atoms with Gasteiger partial charge >= 0.3 is 0 Å². The molecule has 79 heavy (non-hydrogen) atoms. The van der Waals surface area contributed by atoms with E-state index in [2.05, 4.69) is 247 Å². The van der Waals surface area contributed by atoms with E-state index in [-0.39, 0.29) is 50.3 Å². The zero-order valence-corrected chi connectivity index (χ0v) is 51.3. The first-order valence-corrected chi connectivity index (χ1v) is 31.1. The summed E-state index contributed by atoms with van der Waals surface area (Å²) in [7, 11) is 0. The van der Waals surface area contributed by atoms with Gasteiger partial charge in [-0.2, -0.15) is 0 Å². The second-order valence-electron chi connectivity index (χ2n) is 30.4. The smallest absolute Gasteiger partial charge is 0.252 e. The third kappa shape index (κ3) is 6.96. The molecule has 0 bridgehead atoms. The molecule has 2 saturated carbocycles. The van der Waals surface area contributed by atoms with E-state index < -0.39 is 0 Å². The molecule has 3 nitrogen and oxygen atoms in total. The van der Waals surface area contributed by atoms with E-state index in [1.54, 1.807) is 5.56 Å². The van der Waals surface area contributed by atoms with Gasteiger partial charge in [0.1, 0.15) is 0 Å². The van der Waals surface area contributed by atoms with E-state index >= 15 is 0 Å². The molecule has 2 fully saturated rings. The molecule has 4 unspecified atom stereocenters. The number of rotatable bonds is 3. The van der Waals surface area contributed by atoms with Crippen LogP contribution in [0.5, 0.6) is 0 Å². The van der Waals surface area contributed by atoms with Gasteiger partial charge < -0.3 is 14.7 Å². The zero-order chi connectivity index (χ0) is 55.5. The molecule has 0 spiro atoms. The molecule has 404 valence electrons. The molecule has 6 aliphatic rings. The van der Waals surface area contributed by atoms with Crippen LogP contribution in [0.4, 0.5) is 39.8 Å². The SMILES string of the molecule is CC(C)(C)c1ccc(N2c3cc(N4c5ccc(C(C)(C)C)cc5C5(C)CCCCC45C)cc4c3B(c3cc(C(C)(C)C)cc5c3N4C3(C)CCCCC53C)c3ccc4sc5ccc(C(C)(C)C)cc5c4c32)c(-c2ccccc2)c1. The van der Waals surface area contributed by atoms with Gasteiger partial charge in [-0.15, -0.1) is 11.3 Å². The molecule has 14 rings (SSSR count). The molecule has 0 saturated heterocycles. The molecule has 4 aliphatic heterocycles. The van der Waals surface area contributed by atoms with Crippen LogP contribution in [0.1, 0.15) is 196 Å². The Balaban J connectivity index is 1.18. The minimum absolute atomic E-state index is 0.0101. The number of benzene rings is 7. The Morgan fingerprint density at radius 2 is 0.987 bits per heavy atom. The summed E-state index contributed by atoms with van der Waals surface area (Å²) in [5.74, 6) is 0. The van der Waals surface area contributed by atoms with Crippen molar-refractivity contribution in [3.8, 4) is 11.1 Å². The van der Waals surface area contributed by atoms with Crippen molar-refractivity contribution in [3.05, 3.63) is 155 Å².